The normalized spacial score (nSPS) is 16.8. The Morgan fingerprint density at radius 1 is 1.27 bits per heavy atom. The summed E-state index contributed by atoms with van der Waals surface area (Å²) in [6, 6.07) is -0.274. The van der Waals surface area contributed by atoms with Crippen molar-refractivity contribution < 1.29 is 18.3 Å². The van der Waals surface area contributed by atoms with Gasteiger partial charge in [0.25, 0.3) is 0 Å². The second-order valence-electron chi connectivity index (χ2n) is 4.20. The Kier molecular flexibility index (Phi) is 6.20. The number of alkyl halides is 3. The minimum absolute atomic E-state index is 0.271. The molecule has 0 aromatic carbocycles. The third kappa shape index (κ3) is 6.73. The number of aliphatic hydroxyl groups is 1. The first-order chi connectivity index (χ1) is 6.77. The van der Waals surface area contributed by atoms with Gasteiger partial charge in [0.05, 0.1) is 0 Å². The maximum atomic E-state index is 12.1. The number of hydrogen-bond acceptors (Lipinski definition) is 2. The van der Waals surface area contributed by atoms with Crippen molar-refractivity contribution in [2.45, 2.75) is 51.9 Å². The Bertz CT molecular complexity index is 171. The van der Waals surface area contributed by atoms with Gasteiger partial charge in [-0.15, -0.1) is 0 Å². The average Bonchev–Trinajstić information content (AvgIpc) is 2.09. The van der Waals surface area contributed by atoms with Crippen LogP contribution in [0.15, 0.2) is 0 Å². The van der Waals surface area contributed by atoms with E-state index in [1.807, 2.05) is 13.8 Å². The second-order valence-corrected chi connectivity index (χ2v) is 4.20. The Morgan fingerprint density at radius 3 is 2.13 bits per heavy atom. The van der Waals surface area contributed by atoms with Crippen LogP contribution in [0.1, 0.15) is 33.6 Å². The van der Waals surface area contributed by atoms with E-state index in [-0.39, 0.29) is 12.5 Å². The van der Waals surface area contributed by atoms with Gasteiger partial charge in [0, 0.05) is 6.04 Å². The SMILES string of the molecule is CCC(CC(O)C(F)(F)F)NCC(C)C. The fourth-order valence-corrected chi connectivity index (χ4v) is 1.20. The predicted octanol–water partition coefficient (Wildman–Crippen LogP) is 2.32. The lowest BCUT2D eigenvalue weighted by Gasteiger charge is -2.22. The van der Waals surface area contributed by atoms with E-state index in [4.69, 9.17) is 5.11 Å². The smallest absolute Gasteiger partial charge is 0.384 e. The fourth-order valence-electron chi connectivity index (χ4n) is 1.20. The van der Waals surface area contributed by atoms with Crippen LogP contribution in [0.2, 0.25) is 0 Å². The summed E-state index contributed by atoms with van der Waals surface area (Å²) in [4.78, 5) is 0. The molecule has 0 aliphatic heterocycles. The van der Waals surface area contributed by atoms with E-state index in [0.29, 0.717) is 18.9 Å². The van der Waals surface area contributed by atoms with Crippen molar-refractivity contribution in [2.75, 3.05) is 6.54 Å². The second kappa shape index (κ2) is 6.33. The van der Waals surface area contributed by atoms with Crippen molar-refractivity contribution in [2.24, 2.45) is 5.92 Å². The maximum absolute atomic E-state index is 12.1. The molecule has 2 nitrogen and oxygen atoms in total. The molecule has 92 valence electrons. The van der Waals surface area contributed by atoms with Crippen molar-refractivity contribution >= 4 is 0 Å². The minimum Gasteiger partial charge on any atom is -0.384 e. The van der Waals surface area contributed by atoms with Gasteiger partial charge in [-0.05, 0) is 25.3 Å². The van der Waals surface area contributed by atoms with E-state index >= 15 is 0 Å². The number of rotatable bonds is 6. The van der Waals surface area contributed by atoms with Crippen molar-refractivity contribution in [3.63, 3.8) is 0 Å². The molecule has 0 amide bonds. The highest BCUT2D eigenvalue weighted by atomic mass is 19.4. The number of halogens is 3. The Balaban J connectivity index is 3.99. The molecular formula is C10H20F3NO. The molecule has 5 heteroatoms. The van der Waals surface area contributed by atoms with E-state index in [1.165, 1.54) is 0 Å². The lowest BCUT2D eigenvalue weighted by Crippen LogP contribution is -2.39. The summed E-state index contributed by atoms with van der Waals surface area (Å²) in [5.41, 5.74) is 0. The van der Waals surface area contributed by atoms with Gasteiger partial charge < -0.3 is 10.4 Å². The highest BCUT2D eigenvalue weighted by molar-refractivity contribution is 4.75. The summed E-state index contributed by atoms with van der Waals surface area (Å²) in [7, 11) is 0. The molecule has 2 atom stereocenters. The molecule has 0 saturated carbocycles. The lowest BCUT2D eigenvalue weighted by molar-refractivity contribution is -0.207. The molecule has 0 aromatic heterocycles. The van der Waals surface area contributed by atoms with Gasteiger partial charge in [0.1, 0.15) is 0 Å². The first-order valence-corrected chi connectivity index (χ1v) is 5.25. The Hall–Kier alpha value is -0.290. The van der Waals surface area contributed by atoms with Gasteiger partial charge >= 0.3 is 6.18 Å². The van der Waals surface area contributed by atoms with Crippen LogP contribution in [-0.2, 0) is 0 Å². The summed E-state index contributed by atoms with van der Waals surface area (Å²) >= 11 is 0. The largest absolute Gasteiger partial charge is 0.414 e. The van der Waals surface area contributed by atoms with Gasteiger partial charge in [0.2, 0.25) is 0 Å². The van der Waals surface area contributed by atoms with Gasteiger partial charge in [-0.3, -0.25) is 0 Å². The van der Waals surface area contributed by atoms with Crippen molar-refractivity contribution in [3.8, 4) is 0 Å². The van der Waals surface area contributed by atoms with Crippen LogP contribution in [0.3, 0.4) is 0 Å². The molecule has 0 rings (SSSR count). The van der Waals surface area contributed by atoms with E-state index in [0.717, 1.165) is 0 Å². The third-order valence-corrected chi connectivity index (χ3v) is 2.19. The summed E-state index contributed by atoms with van der Waals surface area (Å²) in [6.07, 6.45) is -6.42. The number of aliphatic hydroxyl groups excluding tert-OH is 1. The molecule has 0 radical (unpaired) electrons. The Morgan fingerprint density at radius 2 is 1.80 bits per heavy atom. The van der Waals surface area contributed by atoms with Crippen LogP contribution < -0.4 is 5.32 Å². The van der Waals surface area contributed by atoms with Crippen LogP contribution in [0.25, 0.3) is 0 Å². The van der Waals surface area contributed by atoms with Gasteiger partial charge in [-0.25, -0.2) is 0 Å². The molecule has 0 heterocycles. The topological polar surface area (TPSA) is 32.3 Å². The van der Waals surface area contributed by atoms with Gasteiger partial charge in [-0.1, -0.05) is 20.8 Å². The molecule has 0 saturated heterocycles. The van der Waals surface area contributed by atoms with Crippen molar-refractivity contribution in [1.29, 1.82) is 0 Å². The first kappa shape index (κ1) is 14.7. The lowest BCUT2D eigenvalue weighted by atomic mass is 10.1. The van der Waals surface area contributed by atoms with Crippen LogP contribution in [0.4, 0.5) is 13.2 Å². The van der Waals surface area contributed by atoms with E-state index in [9.17, 15) is 13.2 Å². The molecule has 2 N–H and O–H groups in total. The molecule has 15 heavy (non-hydrogen) atoms. The minimum atomic E-state index is -4.51. The van der Waals surface area contributed by atoms with Gasteiger partial charge in [-0.2, -0.15) is 13.2 Å². The monoisotopic (exact) mass is 227 g/mol. The van der Waals surface area contributed by atoms with Crippen molar-refractivity contribution in [1.82, 2.24) is 5.32 Å². The molecule has 0 spiro atoms. The fraction of sp³-hybridized carbons (Fsp3) is 1.00. The van der Waals surface area contributed by atoms with E-state index in [1.54, 1.807) is 6.92 Å². The zero-order valence-electron chi connectivity index (χ0n) is 9.43. The molecule has 0 fully saturated rings. The molecule has 0 aliphatic rings. The molecule has 2 unspecified atom stereocenters. The number of nitrogens with one attached hydrogen (secondary N) is 1. The molecule has 0 aromatic rings. The summed E-state index contributed by atoms with van der Waals surface area (Å²) < 4.78 is 36.2. The summed E-state index contributed by atoms with van der Waals surface area (Å²) in [6.45, 7) is 6.45. The third-order valence-electron chi connectivity index (χ3n) is 2.19. The summed E-state index contributed by atoms with van der Waals surface area (Å²) in [5, 5.41) is 11.9. The van der Waals surface area contributed by atoms with Crippen LogP contribution in [0.5, 0.6) is 0 Å². The van der Waals surface area contributed by atoms with Crippen LogP contribution >= 0.6 is 0 Å². The van der Waals surface area contributed by atoms with E-state index in [2.05, 4.69) is 5.32 Å². The van der Waals surface area contributed by atoms with Crippen LogP contribution in [-0.4, -0.2) is 30.0 Å². The number of hydrogen-bond donors (Lipinski definition) is 2. The Labute approximate surface area is 88.9 Å². The zero-order chi connectivity index (χ0) is 12.1. The van der Waals surface area contributed by atoms with Crippen molar-refractivity contribution in [3.05, 3.63) is 0 Å². The first-order valence-electron chi connectivity index (χ1n) is 5.25. The standard InChI is InChI=1S/C10H20F3NO/c1-4-8(14-6-7(2)3)5-9(15)10(11,12)13/h7-9,14-15H,4-6H2,1-3H3. The highest BCUT2D eigenvalue weighted by Gasteiger charge is 2.39. The quantitative estimate of drug-likeness (QED) is 0.730. The van der Waals surface area contributed by atoms with Gasteiger partial charge in [0.15, 0.2) is 6.10 Å². The summed E-state index contributed by atoms with van der Waals surface area (Å²) in [5.74, 6) is 0.391. The average molecular weight is 227 g/mol. The predicted molar refractivity (Wildman–Crippen MR) is 53.6 cm³/mol. The molecular weight excluding hydrogens is 207 g/mol. The molecule has 0 aliphatic carbocycles. The highest BCUT2D eigenvalue weighted by Crippen LogP contribution is 2.23. The van der Waals surface area contributed by atoms with E-state index < -0.39 is 12.3 Å². The maximum Gasteiger partial charge on any atom is 0.414 e. The van der Waals surface area contributed by atoms with Crippen LogP contribution in [0, 0.1) is 5.92 Å². The zero-order valence-corrected chi connectivity index (χ0v) is 9.43. The molecule has 0 bridgehead atoms.